The Kier molecular flexibility index (Phi) is 7.83. The van der Waals surface area contributed by atoms with Crippen molar-refractivity contribution >= 4 is 0 Å². The molecule has 0 radical (unpaired) electrons. The van der Waals surface area contributed by atoms with Crippen LogP contribution in [0, 0.1) is 5.92 Å². The lowest BCUT2D eigenvalue weighted by atomic mass is 10.1. The second-order valence-corrected chi connectivity index (χ2v) is 2.61. The van der Waals surface area contributed by atoms with E-state index in [2.05, 4.69) is 17.2 Å². The summed E-state index contributed by atoms with van der Waals surface area (Å²) < 4.78 is 0. The molecule has 68 valence electrons. The predicted molar refractivity (Wildman–Crippen MR) is 43.5 cm³/mol. The van der Waals surface area contributed by atoms with E-state index in [0.717, 1.165) is 19.4 Å². The monoisotopic (exact) mass is 162 g/mol. The lowest BCUT2D eigenvalue weighted by Gasteiger charge is -2.09. The lowest BCUT2D eigenvalue weighted by Crippen LogP contribution is -2.12. The molecule has 3 N–H and O–H groups in total. The highest BCUT2D eigenvalue weighted by atomic mass is 16.6. The summed E-state index contributed by atoms with van der Waals surface area (Å²) in [7, 11) is 1.76. The zero-order chi connectivity index (χ0) is 8.53. The van der Waals surface area contributed by atoms with Crippen LogP contribution < -0.4 is 11.4 Å². The molecule has 4 heteroatoms. The number of hydrogen-bond acceptors (Lipinski definition) is 4. The van der Waals surface area contributed by atoms with Gasteiger partial charge >= 0.3 is 0 Å². The van der Waals surface area contributed by atoms with E-state index in [1.54, 1.807) is 7.05 Å². The molecule has 0 aromatic rings. The van der Waals surface area contributed by atoms with Gasteiger partial charge in [-0.1, -0.05) is 6.92 Å². The van der Waals surface area contributed by atoms with Crippen molar-refractivity contribution in [3.05, 3.63) is 0 Å². The van der Waals surface area contributed by atoms with Crippen LogP contribution in [0.3, 0.4) is 0 Å². The number of nitrogens with one attached hydrogen (secondary N) is 1. The average molecular weight is 162 g/mol. The SMILES string of the molecule is CNOCCC(C)CCON. The predicted octanol–water partition coefficient (Wildman–Crippen LogP) is 0.444. The van der Waals surface area contributed by atoms with E-state index >= 15 is 0 Å². The number of rotatable bonds is 7. The van der Waals surface area contributed by atoms with Gasteiger partial charge in [-0.15, -0.1) is 0 Å². The van der Waals surface area contributed by atoms with Gasteiger partial charge in [0.25, 0.3) is 0 Å². The first-order valence-electron chi connectivity index (χ1n) is 3.91. The molecule has 1 atom stereocenters. The first-order valence-corrected chi connectivity index (χ1v) is 3.91. The third-order valence-corrected chi connectivity index (χ3v) is 1.59. The van der Waals surface area contributed by atoms with Crippen LogP contribution >= 0.6 is 0 Å². The third-order valence-electron chi connectivity index (χ3n) is 1.59. The maximum absolute atomic E-state index is 4.96. The van der Waals surface area contributed by atoms with Crippen LogP contribution in [0.5, 0.6) is 0 Å². The quantitative estimate of drug-likeness (QED) is 0.421. The normalized spacial score (nSPS) is 13.4. The molecule has 0 aliphatic heterocycles. The summed E-state index contributed by atoms with van der Waals surface area (Å²) in [5.41, 5.74) is 2.62. The highest BCUT2D eigenvalue weighted by Gasteiger charge is 2.00. The minimum absolute atomic E-state index is 0.604. The summed E-state index contributed by atoms with van der Waals surface area (Å²) in [6.07, 6.45) is 2.02. The minimum Gasteiger partial charge on any atom is -0.305 e. The molecule has 0 saturated carbocycles. The second kappa shape index (κ2) is 7.94. The molecule has 0 aromatic carbocycles. The molecule has 11 heavy (non-hydrogen) atoms. The summed E-state index contributed by atoms with van der Waals surface area (Å²) in [5, 5.41) is 0. The van der Waals surface area contributed by atoms with Gasteiger partial charge in [-0.05, 0) is 18.8 Å². The molecule has 0 spiro atoms. The maximum atomic E-state index is 4.96. The van der Waals surface area contributed by atoms with Crippen LogP contribution in [0.15, 0.2) is 0 Å². The van der Waals surface area contributed by atoms with E-state index in [4.69, 9.17) is 10.7 Å². The smallest absolute Gasteiger partial charge is 0.0684 e. The molecule has 0 heterocycles. The van der Waals surface area contributed by atoms with Crippen molar-refractivity contribution in [1.82, 2.24) is 5.48 Å². The number of hydroxylamine groups is 1. The van der Waals surface area contributed by atoms with E-state index in [9.17, 15) is 0 Å². The van der Waals surface area contributed by atoms with Gasteiger partial charge in [-0.25, -0.2) is 11.4 Å². The Labute approximate surface area is 68.0 Å². The summed E-state index contributed by atoms with van der Waals surface area (Å²) in [6, 6.07) is 0. The fraction of sp³-hybridized carbons (Fsp3) is 1.00. The Hall–Kier alpha value is -0.160. The van der Waals surface area contributed by atoms with Gasteiger partial charge in [0.1, 0.15) is 0 Å². The summed E-state index contributed by atoms with van der Waals surface area (Å²) in [6.45, 7) is 3.51. The molecular weight excluding hydrogens is 144 g/mol. The van der Waals surface area contributed by atoms with Gasteiger partial charge in [0, 0.05) is 7.05 Å². The zero-order valence-corrected chi connectivity index (χ0v) is 7.30. The molecule has 0 rings (SSSR count). The Morgan fingerprint density at radius 3 is 2.55 bits per heavy atom. The van der Waals surface area contributed by atoms with Crippen LogP contribution in [-0.2, 0) is 9.68 Å². The van der Waals surface area contributed by atoms with Crippen LogP contribution in [0.1, 0.15) is 19.8 Å². The van der Waals surface area contributed by atoms with Gasteiger partial charge in [-0.3, -0.25) is 0 Å². The van der Waals surface area contributed by atoms with Gasteiger partial charge in [-0.2, -0.15) is 0 Å². The Bertz CT molecular complexity index is 80.8. The van der Waals surface area contributed by atoms with Crippen LogP contribution in [0.2, 0.25) is 0 Å². The molecule has 0 bridgehead atoms. The molecule has 0 aromatic heterocycles. The summed E-state index contributed by atoms with van der Waals surface area (Å²) >= 11 is 0. The first kappa shape index (κ1) is 10.8. The molecule has 0 fully saturated rings. The molecule has 1 unspecified atom stereocenters. The topological polar surface area (TPSA) is 56.5 Å². The summed E-state index contributed by atoms with van der Waals surface area (Å²) in [5.74, 6) is 5.49. The van der Waals surface area contributed by atoms with Crippen LogP contribution in [0.25, 0.3) is 0 Å². The minimum atomic E-state index is 0.604. The van der Waals surface area contributed by atoms with Crippen molar-refractivity contribution in [2.75, 3.05) is 20.3 Å². The highest BCUT2D eigenvalue weighted by molar-refractivity contribution is 4.50. The largest absolute Gasteiger partial charge is 0.305 e. The standard InChI is InChI=1S/C7H18N2O2/c1-7(3-5-10-8)4-6-11-9-2/h7,9H,3-6,8H2,1-2H3. The second-order valence-electron chi connectivity index (χ2n) is 2.61. The molecule has 0 aliphatic carbocycles. The molecule has 4 nitrogen and oxygen atoms in total. The Balaban J connectivity index is 3.02. The third kappa shape index (κ3) is 7.74. The van der Waals surface area contributed by atoms with Crippen LogP contribution in [-0.4, -0.2) is 20.3 Å². The van der Waals surface area contributed by atoms with Crippen molar-refractivity contribution in [2.45, 2.75) is 19.8 Å². The highest BCUT2D eigenvalue weighted by Crippen LogP contribution is 2.05. The molecule has 0 aliphatic rings. The lowest BCUT2D eigenvalue weighted by molar-refractivity contribution is 0.0451. The number of hydrogen-bond donors (Lipinski definition) is 2. The fourth-order valence-corrected chi connectivity index (χ4v) is 0.776. The van der Waals surface area contributed by atoms with Crippen molar-refractivity contribution in [1.29, 1.82) is 0 Å². The van der Waals surface area contributed by atoms with Crippen molar-refractivity contribution in [2.24, 2.45) is 11.8 Å². The van der Waals surface area contributed by atoms with E-state index in [0.29, 0.717) is 12.5 Å². The van der Waals surface area contributed by atoms with Crippen molar-refractivity contribution < 1.29 is 9.68 Å². The molecule has 0 saturated heterocycles. The van der Waals surface area contributed by atoms with Crippen LogP contribution in [0.4, 0.5) is 0 Å². The Morgan fingerprint density at radius 1 is 1.36 bits per heavy atom. The first-order chi connectivity index (χ1) is 5.31. The molecule has 0 amide bonds. The molecular formula is C7H18N2O2. The average Bonchev–Trinajstić information content (AvgIpc) is 2.01. The van der Waals surface area contributed by atoms with Crippen molar-refractivity contribution in [3.8, 4) is 0 Å². The van der Waals surface area contributed by atoms with Gasteiger partial charge < -0.3 is 9.68 Å². The van der Waals surface area contributed by atoms with Gasteiger partial charge in [0.05, 0.1) is 13.2 Å². The van der Waals surface area contributed by atoms with E-state index in [1.807, 2.05) is 0 Å². The van der Waals surface area contributed by atoms with E-state index in [-0.39, 0.29) is 0 Å². The number of nitrogens with two attached hydrogens (primary N) is 1. The van der Waals surface area contributed by atoms with E-state index in [1.165, 1.54) is 0 Å². The summed E-state index contributed by atoms with van der Waals surface area (Å²) in [4.78, 5) is 9.42. The Morgan fingerprint density at radius 2 is 2.00 bits per heavy atom. The zero-order valence-electron chi connectivity index (χ0n) is 7.30. The van der Waals surface area contributed by atoms with Crippen molar-refractivity contribution in [3.63, 3.8) is 0 Å². The fourth-order valence-electron chi connectivity index (χ4n) is 0.776. The van der Waals surface area contributed by atoms with Gasteiger partial charge in [0.15, 0.2) is 0 Å². The maximum Gasteiger partial charge on any atom is 0.0684 e. The van der Waals surface area contributed by atoms with Gasteiger partial charge in [0.2, 0.25) is 0 Å². The van der Waals surface area contributed by atoms with E-state index < -0.39 is 0 Å².